The predicted octanol–water partition coefficient (Wildman–Crippen LogP) is 10.9. The molecule has 54 heavy (non-hydrogen) atoms. The van der Waals surface area contributed by atoms with Gasteiger partial charge in [0.05, 0.1) is 28.6 Å². The molecule has 5 aromatic carbocycles. The zero-order valence-electron chi connectivity index (χ0n) is 31.2. The average molecular weight is 715 g/mol. The van der Waals surface area contributed by atoms with E-state index in [0.717, 1.165) is 40.5 Å². The van der Waals surface area contributed by atoms with Crippen molar-refractivity contribution < 1.29 is 0 Å². The number of aromatic nitrogens is 3. The van der Waals surface area contributed by atoms with Gasteiger partial charge in [-0.3, -0.25) is 4.57 Å². The van der Waals surface area contributed by atoms with Crippen molar-refractivity contribution in [3.63, 3.8) is 0 Å². The normalized spacial score (nSPS) is 17.6. The van der Waals surface area contributed by atoms with Crippen LogP contribution in [-0.2, 0) is 6.42 Å². The summed E-state index contributed by atoms with van der Waals surface area (Å²) in [5.41, 5.74) is 14.4. The molecule has 0 bridgehead atoms. The predicted molar refractivity (Wildman–Crippen MR) is 229 cm³/mol. The molecule has 3 aliphatic rings. The van der Waals surface area contributed by atoms with Crippen LogP contribution in [0.4, 0.5) is 11.4 Å². The lowest BCUT2D eigenvalue weighted by Gasteiger charge is -2.29. The van der Waals surface area contributed by atoms with Crippen LogP contribution in [0.2, 0.25) is 13.1 Å². The standard InChI is InChI=1S/C49H42N4Si/c1-5-17-41-36(6-2)37-22-10-14-26-43(37)53(41)49-50-46(48-47(51-49)39-24-12-15-27-45(39)54(48,3)4)34-28-29-44-40(31-34)38-23-11-13-25-42(38)52(44)35-21-16-20-33(30-35)32-18-8-7-9-19-32/h5,7-31,38,42H,6H2,1-4H3. The summed E-state index contributed by atoms with van der Waals surface area (Å²) in [4.78, 5) is 13.7. The molecule has 2 unspecified atom stereocenters. The first kappa shape index (κ1) is 32.6. The zero-order chi connectivity index (χ0) is 36.6. The number of anilines is 2. The van der Waals surface area contributed by atoms with Gasteiger partial charge in [-0.2, -0.15) is 0 Å². The number of aryl methyl sites for hydroxylation is 1. The van der Waals surface area contributed by atoms with Crippen molar-refractivity contribution in [2.45, 2.75) is 45.3 Å². The van der Waals surface area contributed by atoms with E-state index in [0.29, 0.717) is 0 Å². The summed E-state index contributed by atoms with van der Waals surface area (Å²) in [6.45, 7) is 9.27. The number of benzene rings is 5. The van der Waals surface area contributed by atoms with E-state index in [1.54, 1.807) is 0 Å². The zero-order valence-corrected chi connectivity index (χ0v) is 32.2. The molecule has 0 fully saturated rings. The van der Waals surface area contributed by atoms with Crippen LogP contribution in [0.1, 0.15) is 36.6 Å². The molecule has 5 heteroatoms. The number of rotatable bonds is 6. The average Bonchev–Trinajstić information content (AvgIpc) is 3.80. The smallest absolute Gasteiger partial charge is 0.235 e. The molecule has 0 spiro atoms. The lowest BCUT2D eigenvalue weighted by Crippen LogP contribution is -2.50. The topological polar surface area (TPSA) is 34.0 Å². The van der Waals surface area contributed by atoms with Crippen molar-refractivity contribution >= 4 is 46.8 Å². The summed E-state index contributed by atoms with van der Waals surface area (Å²) >= 11 is 0. The number of hydrogen-bond acceptors (Lipinski definition) is 3. The Bertz CT molecular complexity index is 2720. The fraction of sp³-hybridized carbons (Fsp3) is 0.143. The highest BCUT2D eigenvalue weighted by molar-refractivity contribution is 7.04. The van der Waals surface area contributed by atoms with E-state index in [4.69, 9.17) is 9.97 Å². The summed E-state index contributed by atoms with van der Waals surface area (Å²) in [5, 5.41) is 4.01. The summed E-state index contributed by atoms with van der Waals surface area (Å²) < 4.78 is 2.30. The van der Waals surface area contributed by atoms with Gasteiger partial charge >= 0.3 is 0 Å². The largest absolute Gasteiger partial charge is 0.333 e. The van der Waals surface area contributed by atoms with Crippen molar-refractivity contribution in [2.24, 2.45) is 0 Å². The van der Waals surface area contributed by atoms with E-state index in [-0.39, 0.29) is 12.0 Å². The minimum Gasteiger partial charge on any atom is -0.333 e. The molecule has 7 aromatic rings. The second-order valence-electron chi connectivity index (χ2n) is 15.2. The Morgan fingerprint density at radius 2 is 1.48 bits per heavy atom. The molecular weight excluding hydrogens is 673 g/mol. The van der Waals surface area contributed by atoms with Crippen molar-refractivity contribution in [1.29, 1.82) is 0 Å². The fourth-order valence-electron chi connectivity index (χ4n) is 9.42. The van der Waals surface area contributed by atoms with Crippen LogP contribution in [0.15, 0.2) is 152 Å². The molecule has 1 aliphatic carbocycles. The third-order valence-corrected chi connectivity index (χ3v) is 15.3. The Kier molecular flexibility index (Phi) is 7.56. The maximum atomic E-state index is 5.66. The molecule has 2 aromatic heterocycles. The number of allylic oxidation sites excluding steroid dienone is 3. The molecule has 2 atom stereocenters. The van der Waals surface area contributed by atoms with Crippen LogP contribution < -0.4 is 15.3 Å². The van der Waals surface area contributed by atoms with Crippen molar-refractivity contribution in [3.8, 4) is 39.6 Å². The van der Waals surface area contributed by atoms with Gasteiger partial charge in [-0.15, -0.1) is 0 Å². The van der Waals surface area contributed by atoms with Crippen LogP contribution in [0, 0.1) is 0 Å². The van der Waals surface area contributed by atoms with Gasteiger partial charge in [-0.1, -0.05) is 141 Å². The van der Waals surface area contributed by atoms with Gasteiger partial charge in [0.15, 0.2) is 0 Å². The summed E-state index contributed by atoms with van der Waals surface area (Å²) in [5.74, 6) is 0.955. The lowest BCUT2D eigenvalue weighted by atomic mass is 9.90. The second-order valence-corrected chi connectivity index (χ2v) is 19.5. The molecule has 2 aliphatic heterocycles. The van der Waals surface area contributed by atoms with Crippen LogP contribution in [0.5, 0.6) is 0 Å². The minimum atomic E-state index is -2.17. The highest BCUT2D eigenvalue weighted by Gasteiger charge is 2.43. The van der Waals surface area contributed by atoms with Gasteiger partial charge in [0.2, 0.25) is 5.95 Å². The van der Waals surface area contributed by atoms with E-state index < -0.39 is 8.07 Å². The third-order valence-electron chi connectivity index (χ3n) is 11.8. The van der Waals surface area contributed by atoms with Crippen LogP contribution in [0.3, 0.4) is 0 Å². The van der Waals surface area contributed by atoms with Gasteiger partial charge in [0, 0.05) is 28.2 Å². The summed E-state index contributed by atoms with van der Waals surface area (Å²) in [6.07, 6.45) is 14.4. The Labute approximate surface area is 318 Å². The van der Waals surface area contributed by atoms with Gasteiger partial charge in [0.25, 0.3) is 0 Å². The number of fused-ring (bicyclic) bond motifs is 7. The van der Waals surface area contributed by atoms with Gasteiger partial charge < -0.3 is 4.90 Å². The van der Waals surface area contributed by atoms with Gasteiger partial charge in [-0.25, -0.2) is 9.97 Å². The van der Waals surface area contributed by atoms with E-state index in [1.165, 1.54) is 55.0 Å². The number of hydrogen-bond donors (Lipinski definition) is 0. The summed E-state index contributed by atoms with van der Waals surface area (Å²) in [6, 6.07) is 44.6. The first-order valence-electron chi connectivity index (χ1n) is 19.2. The first-order valence-corrected chi connectivity index (χ1v) is 22.2. The molecule has 262 valence electrons. The molecule has 10 rings (SSSR count). The SMILES string of the molecule is CC=Cc1c(CC)c2ccccc2n1-c1nc(-c2ccc3c(c2)C2C=CC=CC2N3c2cccc(-c3ccccc3)c2)c2c(n1)-c1ccccc1[Si]2(C)C. The maximum Gasteiger partial charge on any atom is 0.235 e. The van der Waals surface area contributed by atoms with E-state index >= 15 is 0 Å². The van der Waals surface area contributed by atoms with E-state index in [2.05, 4.69) is 194 Å². The fourth-order valence-corrected chi connectivity index (χ4v) is 12.6. The molecule has 4 nitrogen and oxygen atoms in total. The third kappa shape index (κ3) is 4.81. The lowest BCUT2D eigenvalue weighted by molar-refractivity contribution is 0.745. The Morgan fingerprint density at radius 3 is 2.33 bits per heavy atom. The maximum absolute atomic E-state index is 5.66. The number of nitrogens with zero attached hydrogens (tertiary/aromatic N) is 4. The minimum absolute atomic E-state index is 0.190. The van der Waals surface area contributed by atoms with Gasteiger partial charge in [0.1, 0.15) is 8.07 Å². The van der Waals surface area contributed by atoms with Gasteiger partial charge in [-0.05, 0) is 87.9 Å². The molecule has 0 saturated carbocycles. The Balaban J connectivity index is 1.20. The second kappa shape index (κ2) is 12.5. The molecule has 0 radical (unpaired) electrons. The van der Waals surface area contributed by atoms with Crippen LogP contribution in [0.25, 0.3) is 56.6 Å². The molecule has 0 amide bonds. The monoisotopic (exact) mass is 714 g/mol. The van der Waals surface area contributed by atoms with Crippen LogP contribution >= 0.6 is 0 Å². The van der Waals surface area contributed by atoms with E-state index in [9.17, 15) is 0 Å². The van der Waals surface area contributed by atoms with Crippen molar-refractivity contribution in [2.75, 3.05) is 4.90 Å². The molecule has 0 saturated heterocycles. The summed E-state index contributed by atoms with van der Waals surface area (Å²) in [7, 11) is -2.17. The Hall–Kier alpha value is -6.04. The Morgan fingerprint density at radius 1 is 0.722 bits per heavy atom. The van der Waals surface area contributed by atoms with Crippen LogP contribution in [-0.4, -0.2) is 28.7 Å². The molecule has 0 N–H and O–H groups in total. The molecular formula is C49H42N4Si. The first-order chi connectivity index (χ1) is 26.5. The van der Waals surface area contributed by atoms with E-state index in [1.807, 2.05) is 0 Å². The van der Waals surface area contributed by atoms with Crippen molar-refractivity contribution in [1.82, 2.24) is 14.5 Å². The number of para-hydroxylation sites is 1. The molecule has 4 heterocycles. The quantitative estimate of drug-likeness (QED) is 0.161. The highest BCUT2D eigenvalue weighted by Crippen LogP contribution is 2.49. The highest BCUT2D eigenvalue weighted by atomic mass is 28.3. The van der Waals surface area contributed by atoms with Crippen molar-refractivity contribution in [3.05, 3.63) is 169 Å².